The van der Waals surface area contributed by atoms with Crippen LogP contribution in [0.3, 0.4) is 0 Å². The van der Waals surface area contributed by atoms with E-state index in [4.69, 9.17) is 16.3 Å². The molecule has 0 aliphatic carbocycles. The molecule has 3 aromatic rings. The Kier molecular flexibility index (Phi) is 9.78. The van der Waals surface area contributed by atoms with Crippen LogP contribution in [-0.4, -0.2) is 6.61 Å². The van der Waals surface area contributed by atoms with Crippen molar-refractivity contribution in [1.82, 2.24) is 0 Å². The summed E-state index contributed by atoms with van der Waals surface area (Å²) in [5.74, 6) is 1.50. The normalized spacial score (nSPS) is 9.92. The van der Waals surface area contributed by atoms with Crippen molar-refractivity contribution < 1.29 is 4.74 Å². The topological polar surface area (TPSA) is 9.23 Å². The molecule has 3 rings (SSSR count). The molecule has 0 fully saturated rings. The molecule has 0 saturated carbocycles. The zero-order chi connectivity index (χ0) is 18.5. The largest absolute Gasteiger partial charge is 0.494 e. The van der Waals surface area contributed by atoms with E-state index in [0.717, 1.165) is 24.3 Å². The van der Waals surface area contributed by atoms with Crippen molar-refractivity contribution in [3.63, 3.8) is 0 Å². The van der Waals surface area contributed by atoms with Crippen molar-refractivity contribution in [3.8, 4) is 5.75 Å². The first-order valence-electron chi connectivity index (χ1n) is 8.87. The van der Waals surface area contributed by atoms with E-state index in [9.17, 15) is 0 Å². The van der Waals surface area contributed by atoms with Crippen LogP contribution in [0.2, 0.25) is 0 Å². The summed E-state index contributed by atoms with van der Waals surface area (Å²) in [7, 11) is 0. The molecule has 3 aromatic carbocycles. The minimum Gasteiger partial charge on any atom is -0.494 e. The van der Waals surface area contributed by atoms with Gasteiger partial charge in [-0.15, -0.1) is 11.6 Å². The average molecular weight is 385 g/mol. The predicted octanol–water partition coefficient (Wildman–Crippen LogP) is 7.44. The summed E-state index contributed by atoms with van der Waals surface area (Å²) in [6, 6.07) is 28.7. The van der Waals surface area contributed by atoms with E-state index in [0.29, 0.717) is 5.88 Å². The minimum atomic E-state index is 0.565. The highest BCUT2D eigenvalue weighted by atomic mass is 35.5. The van der Waals surface area contributed by atoms with Gasteiger partial charge in [0, 0.05) is 15.7 Å². The molecule has 0 saturated heterocycles. The zero-order valence-corrected chi connectivity index (χ0v) is 16.7. The number of rotatable bonds is 7. The second kappa shape index (κ2) is 12.5. The van der Waals surface area contributed by atoms with Crippen LogP contribution in [0.5, 0.6) is 5.75 Å². The Labute approximate surface area is 166 Å². The van der Waals surface area contributed by atoms with E-state index in [-0.39, 0.29) is 0 Å². The van der Waals surface area contributed by atoms with Gasteiger partial charge in [-0.1, -0.05) is 73.6 Å². The third-order valence-corrected chi connectivity index (χ3v) is 4.89. The Balaban J connectivity index is 0.000000187. The van der Waals surface area contributed by atoms with Gasteiger partial charge < -0.3 is 4.74 Å². The Morgan fingerprint density at radius 1 is 0.769 bits per heavy atom. The Bertz CT molecular complexity index is 677. The molecular weight excluding hydrogens is 360 g/mol. The number of halogens is 1. The molecule has 0 radical (unpaired) electrons. The van der Waals surface area contributed by atoms with Crippen molar-refractivity contribution in [2.75, 3.05) is 6.61 Å². The van der Waals surface area contributed by atoms with Gasteiger partial charge in [-0.3, -0.25) is 0 Å². The summed E-state index contributed by atoms with van der Waals surface area (Å²) in [5.41, 5.74) is 1.13. The third-order valence-electron chi connectivity index (χ3n) is 3.57. The highest BCUT2D eigenvalue weighted by molar-refractivity contribution is 7.99. The number of unbranched alkanes of at least 4 members (excludes halogenated alkanes) is 1. The van der Waals surface area contributed by atoms with E-state index in [1.807, 2.05) is 36.4 Å². The molecule has 136 valence electrons. The van der Waals surface area contributed by atoms with Crippen molar-refractivity contribution in [2.45, 2.75) is 35.4 Å². The van der Waals surface area contributed by atoms with Crippen molar-refractivity contribution in [2.24, 2.45) is 0 Å². The number of ether oxygens (including phenoxy) is 1. The predicted molar refractivity (Wildman–Crippen MR) is 113 cm³/mol. The second-order valence-corrected chi connectivity index (χ2v) is 7.12. The van der Waals surface area contributed by atoms with Crippen LogP contribution in [-0.2, 0) is 5.88 Å². The SMILES string of the molecule is CCCCOc1ccc(CCl)cc1.c1ccc(Sc2ccccc2)cc1. The molecule has 0 heterocycles. The molecule has 1 nitrogen and oxygen atoms in total. The third kappa shape index (κ3) is 7.99. The van der Waals surface area contributed by atoms with Gasteiger partial charge in [0.1, 0.15) is 5.75 Å². The van der Waals surface area contributed by atoms with Crippen LogP contribution in [0.25, 0.3) is 0 Å². The van der Waals surface area contributed by atoms with Gasteiger partial charge in [0.2, 0.25) is 0 Å². The van der Waals surface area contributed by atoms with Gasteiger partial charge in [0.05, 0.1) is 6.61 Å². The maximum absolute atomic E-state index is 5.67. The molecule has 0 aromatic heterocycles. The minimum absolute atomic E-state index is 0.565. The van der Waals surface area contributed by atoms with E-state index in [1.165, 1.54) is 16.2 Å². The van der Waals surface area contributed by atoms with Gasteiger partial charge in [-0.05, 0) is 48.4 Å². The Morgan fingerprint density at radius 3 is 1.77 bits per heavy atom. The first kappa shape index (κ1) is 20.4. The molecule has 0 unspecified atom stereocenters. The first-order chi connectivity index (χ1) is 12.8. The second-order valence-electron chi connectivity index (χ2n) is 5.71. The summed E-state index contributed by atoms with van der Waals surface area (Å²) in [5, 5.41) is 0. The molecule has 0 N–H and O–H groups in total. The van der Waals surface area contributed by atoms with Crippen LogP contribution >= 0.6 is 23.4 Å². The van der Waals surface area contributed by atoms with E-state index >= 15 is 0 Å². The maximum Gasteiger partial charge on any atom is 0.119 e. The standard InChI is InChI=1S/C12H10S.C11H15ClO/c1-3-7-11(8-4-1)13-12-9-5-2-6-10-12;1-2-3-8-13-11-6-4-10(9-12)5-7-11/h1-10H;4-7H,2-3,8-9H2,1H3. The summed E-state index contributed by atoms with van der Waals surface area (Å²) in [6.45, 7) is 2.96. The van der Waals surface area contributed by atoms with Crippen LogP contribution in [0.1, 0.15) is 25.3 Å². The number of hydrogen-bond acceptors (Lipinski definition) is 2. The van der Waals surface area contributed by atoms with Crippen LogP contribution in [0.15, 0.2) is 94.7 Å². The number of hydrogen-bond donors (Lipinski definition) is 0. The molecule has 26 heavy (non-hydrogen) atoms. The molecule has 3 heteroatoms. The van der Waals surface area contributed by atoms with Crippen LogP contribution < -0.4 is 4.74 Å². The lowest BCUT2D eigenvalue weighted by molar-refractivity contribution is 0.309. The average Bonchev–Trinajstić information content (AvgIpc) is 2.71. The molecule has 0 aliphatic heterocycles. The molecule has 0 atom stereocenters. The van der Waals surface area contributed by atoms with Gasteiger partial charge >= 0.3 is 0 Å². The molecule has 0 spiro atoms. The first-order valence-corrected chi connectivity index (χ1v) is 10.2. The van der Waals surface area contributed by atoms with Gasteiger partial charge in [0.15, 0.2) is 0 Å². The molecule has 0 amide bonds. The van der Waals surface area contributed by atoms with E-state index in [1.54, 1.807) is 11.8 Å². The van der Waals surface area contributed by atoms with Crippen molar-refractivity contribution >= 4 is 23.4 Å². The zero-order valence-electron chi connectivity index (χ0n) is 15.1. The smallest absolute Gasteiger partial charge is 0.119 e. The summed E-state index contributed by atoms with van der Waals surface area (Å²) < 4.78 is 5.50. The highest BCUT2D eigenvalue weighted by Crippen LogP contribution is 2.26. The maximum atomic E-state index is 5.67. The highest BCUT2D eigenvalue weighted by Gasteiger charge is 1.94. The summed E-state index contributed by atoms with van der Waals surface area (Å²) in [4.78, 5) is 2.57. The van der Waals surface area contributed by atoms with E-state index < -0.39 is 0 Å². The lowest BCUT2D eigenvalue weighted by Gasteiger charge is -2.04. The van der Waals surface area contributed by atoms with Gasteiger partial charge in [-0.2, -0.15) is 0 Å². The summed E-state index contributed by atoms with van der Waals surface area (Å²) in [6.07, 6.45) is 2.27. The lowest BCUT2D eigenvalue weighted by Crippen LogP contribution is -1.96. The van der Waals surface area contributed by atoms with Gasteiger partial charge in [-0.25, -0.2) is 0 Å². The van der Waals surface area contributed by atoms with Crippen molar-refractivity contribution in [1.29, 1.82) is 0 Å². The number of alkyl halides is 1. The molecule has 0 aliphatic rings. The fourth-order valence-electron chi connectivity index (χ4n) is 2.12. The lowest BCUT2D eigenvalue weighted by atomic mass is 10.2. The Morgan fingerprint density at radius 2 is 1.31 bits per heavy atom. The fourth-order valence-corrected chi connectivity index (χ4v) is 3.16. The van der Waals surface area contributed by atoms with Crippen LogP contribution in [0.4, 0.5) is 0 Å². The quantitative estimate of drug-likeness (QED) is 0.309. The molecular formula is C23H25ClOS. The molecule has 0 bridgehead atoms. The summed E-state index contributed by atoms with van der Waals surface area (Å²) >= 11 is 7.45. The van der Waals surface area contributed by atoms with Gasteiger partial charge in [0.25, 0.3) is 0 Å². The Hall–Kier alpha value is -1.90. The van der Waals surface area contributed by atoms with E-state index in [2.05, 4.69) is 55.5 Å². The number of benzene rings is 3. The van der Waals surface area contributed by atoms with Crippen molar-refractivity contribution in [3.05, 3.63) is 90.5 Å². The monoisotopic (exact) mass is 384 g/mol. The van der Waals surface area contributed by atoms with Crippen LogP contribution in [0, 0.1) is 0 Å². The fraction of sp³-hybridized carbons (Fsp3) is 0.217.